The molecule has 1 atom stereocenters. The number of benzene rings is 1. The lowest BCUT2D eigenvalue weighted by molar-refractivity contribution is 0.0559. The van der Waals surface area contributed by atoms with Gasteiger partial charge in [-0.2, -0.15) is 4.98 Å². The van der Waals surface area contributed by atoms with E-state index in [0.29, 0.717) is 23.4 Å². The van der Waals surface area contributed by atoms with Crippen molar-refractivity contribution in [2.24, 2.45) is 0 Å². The Kier molecular flexibility index (Phi) is 6.99. The van der Waals surface area contributed by atoms with Crippen molar-refractivity contribution >= 4 is 11.6 Å². The van der Waals surface area contributed by atoms with E-state index >= 15 is 0 Å². The largest absolute Gasteiger partial charge is 0.495 e. The van der Waals surface area contributed by atoms with Gasteiger partial charge < -0.3 is 24.0 Å². The van der Waals surface area contributed by atoms with E-state index in [1.165, 1.54) is 7.11 Å². The highest BCUT2D eigenvalue weighted by molar-refractivity contribution is 5.96. The minimum absolute atomic E-state index is 0.0330. The summed E-state index contributed by atoms with van der Waals surface area (Å²) in [5, 5.41) is 0. The van der Waals surface area contributed by atoms with Gasteiger partial charge in [0, 0.05) is 51.4 Å². The fraction of sp³-hybridized carbons (Fsp3) is 0.500. The number of aromatic nitrogens is 1. The van der Waals surface area contributed by atoms with Crippen LogP contribution in [0.15, 0.2) is 36.4 Å². The molecule has 2 aliphatic heterocycles. The maximum atomic E-state index is 13.2. The first kappa shape index (κ1) is 22.2. The molecule has 0 bridgehead atoms. The van der Waals surface area contributed by atoms with Crippen molar-refractivity contribution in [3.8, 4) is 17.5 Å². The van der Waals surface area contributed by atoms with Gasteiger partial charge in [-0.15, -0.1) is 0 Å². The summed E-state index contributed by atoms with van der Waals surface area (Å²) in [6.07, 6.45) is 2.10. The standard InChI is InChI=1S/C24H32N4O4/c1-30-21-9-5-4-8-20(21)27-15-13-26(14-16-27)18-7-6-12-28(17-18)24(29)19-10-11-22(31-2)25-23(19)32-3/h4-5,8-11,18H,6-7,12-17H2,1-3H3/t18-/m0/s1. The number of likely N-dealkylation sites (tertiary alicyclic amines) is 1. The van der Waals surface area contributed by atoms with Crippen molar-refractivity contribution in [2.45, 2.75) is 18.9 Å². The highest BCUT2D eigenvalue weighted by Crippen LogP contribution is 2.29. The van der Waals surface area contributed by atoms with Crippen LogP contribution in [0, 0.1) is 0 Å². The van der Waals surface area contributed by atoms with Crippen LogP contribution in [0.4, 0.5) is 5.69 Å². The summed E-state index contributed by atoms with van der Waals surface area (Å²) in [5.74, 6) is 1.62. The van der Waals surface area contributed by atoms with Gasteiger partial charge in [0.05, 0.1) is 27.0 Å². The number of para-hydroxylation sites is 2. The molecule has 1 amide bonds. The van der Waals surface area contributed by atoms with Crippen molar-refractivity contribution in [2.75, 3.05) is 65.5 Å². The number of amides is 1. The fourth-order valence-corrected chi connectivity index (χ4v) is 4.68. The van der Waals surface area contributed by atoms with E-state index in [2.05, 4.69) is 26.9 Å². The third-order valence-corrected chi connectivity index (χ3v) is 6.41. The van der Waals surface area contributed by atoms with Crippen LogP contribution >= 0.6 is 0 Å². The Morgan fingerprint density at radius 2 is 1.72 bits per heavy atom. The van der Waals surface area contributed by atoms with Crippen molar-refractivity contribution < 1.29 is 19.0 Å². The predicted molar refractivity (Wildman–Crippen MR) is 123 cm³/mol. The fourth-order valence-electron chi connectivity index (χ4n) is 4.68. The minimum Gasteiger partial charge on any atom is -0.495 e. The highest BCUT2D eigenvalue weighted by Gasteiger charge is 2.32. The second-order valence-corrected chi connectivity index (χ2v) is 8.15. The summed E-state index contributed by atoms with van der Waals surface area (Å²) in [4.78, 5) is 24.4. The summed E-state index contributed by atoms with van der Waals surface area (Å²) in [7, 11) is 4.79. The van der Waals surface area contributed by atoms with E-state index in [4.69, 9.17) is 14.2 Å². The maximum Gasteiger partial charge on any atom is 0.259 e. The Bertz CT molecular complexity index is 930. The molecule has 1 aromatic carbocycles. The zero-order chi connectivity index (χ0) is 22.5. The van der Waals surface area contributed by atoms with Crippen LogP contribution in [0.3, 0.4) is 0 Å². The number of carbonyl (C=O) groups excluding carboxylic acids is 1. The summed E-state index contributed by atoms with van der Waals surface area (Å²) in [6, 6.07) is 12.0. The zero-order valence-electron chi connectivity index (χ0n) is 19.1. The molecule has 8 nitrogen and oxygen atoms in total. The average Bonchev–Trinajstić information content (AvgIpc) is 2.88. The smallest absolute Gasteiger partial charge is 0.259 e. The van der Waals surface area contributed by atoms with Crippen molar-refractivity contribution in [1.82, 2.24) is 14.8 Å². The second kappa shape index (κ2) is 10.1. The van der Waals surface area contributed by atoms with Gasteiger partial charge in [0.25, 0.3) is 5.91 Å². The van der Waals surface area contributed by atoms with Crippen molar-refractivity contribution in [1.29, 1.82) is 0 Å². The molecular formula is C24H32N4O4. The SMILES string of the molecule is COc1ccc(C(=O)N2CCC[C@H](N3CCN(c4ccccc4OC)CC3)C2)c(OC)n1. The minimum atomic E-state index is -0.0330. The normalized spacial score (nSPS) is 19.5. The van der Waals surface area contributed by atoms with E-state index in [1.54, 1.807) is 26.4 Å². The molecular weight excluding hydrogens is 408 g/mol. The van der Waals surface area contributed by atoms with E-state index in [-0.39, 0.29) is 5.91 Å². The van der Waals surface area contributed by atoms with E-state index in [9.17, 15) is 4.79 Å². The number of hydrogen-bond donors (Lipinski definition) is 0. The van der Waals surface area contributed by atoms with Gasteiger partial charge in [0.1, 0.15) is 11.3 Å². The molecule has 4 rings (SSSR count). The number of hydrogen-bond acceptors (Lipinski definition) is 7. The maximum absolute atomic E-state index is 13.2. The molecule has 3 heterocycles. The summed E-state index contributed by atoms with van der Waals surface area (Å²) >= 11 is 0. The van der Waals surface area contributed by atoms with Crippen LogP contribution < -0.4 is 19.1 Å². The average molecular weight is 441 g/mol. The molecule has 1 aromatic heterocycles. The first-order valence-electron chi connectivity index (χ1n) is 11.1. The number of ether oxygens (including phenoxy) is 3. The van der Waals surface area contributed by atoms with Crippen LogP contribution in [-0.4, -0.2) is 87.3 Å². The zero-order valence-corrected chi connectivity index (χ0v) is 19.1. The van der Waals surface area contributed by atoms with Crippen LogP contribution in [0.2, 0.25) is 0 Å². The topological polar surface area (TPSA) is 67.4 Å². The van der Waals surface area contributed by atoms with Gasteiger partial charge in [0.2, 0.25) is 11.8 Å². The van der Waals surface area contributed by atoms with Crippen molar-refractivity contribution in [3.05, 3.63) is 42.0 Å². The molecule has 8 heteroatoms. The quantitative estimate of drug-likeness (QED) is 0.684. The van der Waals surface area contributed by atoms with Crippen LogP contribution in [0.1, 0.15) is 23.2 Å². The van der Waals surface area contributed by atoms with E-state index in [1.807, 2.05) is 17.0 Å². The summed E-state index contributed by atoms with van der Waals surface area (Å²) < 4.78 is 16.0. The summed E-state index contributed by atoms with van der Waals surface area (Å²) in [5.41, 5.74) is 1.63. The Morgan fingerprint density at radius 3 is 2.44 bits per heavy atom. The van der Waals surface area contributed by atoms with Crippen molar-refractivity contribution in [3.63, 3.8) is 0 Å². The third kappa shape index (κ3) is 4.60. The molecule has 0 N–H and O–H groups in total. The second-order valence-electron chi connectivity index (χ2n) is 8.15. The first-order chi connectivity index (χ1) is 15.6. The molecule has 2 aliphatic rings. The molecule has 0 unspecified atom stereocenters. The number of pyridine rings is 1. The van der Waals surface area contributed by atoms with Crippen LogP contribution in [0.5, 0.6) is 17.5 Å². The van der Waals surface area contributed by atoms with Gasteiger partial charge in [-0.1, -0.05) is 12.1 Å². The molecule has 2 aromatic rings. The molecule has 0 saturated carbocycles. The van der Waals surface area contributed by atoms with Gasteiger partial charge in [-0.05, 0) is 31.0 Å². The monoisotopic (exact) mass is 440 g/mol. The Hall–Kier alpha value is -3.00. The lowest BCUT2D eigenvalue weighted by atomic mass is 10.0. The van der Waals surface area contributed by atoms with Gasteiger partial charge in [-0.3, -0.25) is 9.69 Å². The summed E-state index contributed by atoms with van der Waals surface area (Å²) in [6.45, 7) is 5.31. The molecule has 172 valence electrons. The lowest BCUT2D eigenvalue weighted by Gasteiger charge is -2.44. The Morgan fingerprint density at radius 1 is 0.938 bits per heavy atom. The number of nitrogens with zero attached hydrogens (tertiary/aromatic N) is 4. The number of piperidine rings is 1. The Balaban J connectivity index is 1.39. The highest BCUT2D eigenvalue weighted by atomic mass is 16.5. The van der Waals surface area contributed by atoms with Gasteiger partial charge >= 0.3 is 0 Å². The number of methoxy groups -OCH3 is 3. The molecule has 0 radical (unpaired) electrons. The van der Waals surface area contributed by atoms with E-state index in [0.717, 1.165) is 63.5 Å². The van der Waals surface area contributed by atoms with Gasteiger partial charge in [0.15, 0.2) is 0 Å². The van der Waals surface area contributed by atoms with E-state index < -0.39 is 0 Å². The number of anilines is 1. The Labute approximate surface area is 189 Å². The number of carbonyl (C=O) groups is 1. The molecule has 32 heavy (non-hydrogen) atoms. The van der Waals surface area contributed by atoms with Crippen LogP contribution in [-0.2, 0) is 0 Å². The third-order valence-electron chi connectivity index (χ3n) is 6.41. The molecule has 0 aliphatic carbocycles. The van der Waals surface area contributed by atoms with Gasteiger partial charge in [-0.25, -0.2) is 0 Å². The number of piperazine rings is 1. The molecule has 2 saturated heterocycles. The first-order valence-corrected chi connectivity index (χ1v) is 11.1. The molecule has 0 spiro atoms. The number of rotatable bonds is 6. The predicted octanol–water partition coefficient (Wildman–Crippen LogP) is 2.53. The molecule has 2 fully saturated rings. The van der Waals surface area contributed by atoms with Crippen LogP contribution in [0.25, 0.3) is 0 Å². The lowest BCUT2D eigenvalue weighted by Crippen LogP contribution is -2.56.